The van der Waals surface area contributed by atoms with Crippen LogP contribution in [0, 0.1) is 0 Å². The van der Waals surface area contributed by atoms with E-state index < -0.39 is 0 Å². The van der Waals surface area contributed by atoms with Gasteiger partial charge >= 0.3 is 0 Å². The smallest absolute Gasteiger partial charge is 0.146 e. The lowest BCUT2D eigenvalue weighted by Gasteiger charge is -1.89. The van der Waals surface area contributed by atoms with Gasteiger partial charge in [-0.2, -0.15) is 0 Å². The lowest BCUT2D eigenvalue weighted by atomic mass is 10.5. The van der Waals surface area contributed by atoms with Crippen LogP contribution in [-0.2, 0) is 0 Å². The van der Waals surface area contributed by atoms with E-state index in [2.05, 4.69) is 11.0 Å². The summed E-state index contributed by atoms with van der Waals surface area (Å²) >= 11 is 0. The average Bonchev–Trinajstić information content (AvgIpc) is 1.69. The molecule has 0 bridgehead atoms. The van der Waals surface area contributed by atoms with Gasteiger partial charge in [0.1, 0.15) is 5.83 Å². The molecule has 7 heavy (non-hydrogen) atoms. The van der Waals surface area contributed by atoms with Crippen LogP contribution in [0.4, 0.5) is 4.39 Å². The molecule has 0 aromatic rings. The molecular weight excluding hydrogens is 93.1 g/mol. The molecular formula is C5H4FN. The predicted molar refractivity (Wildman–Crippen MR) is 25.0 cm³/mol. The highest BCUT2D eigenvalue weighted by atomic mass is 19.1. The molecule has 0 spiro atoms. The van der Waals surface area contributed by atoms with Crippen molar-refractivity contribution in [2.75, 3.05) is 0 Å². The maximum atomic E-state index is 11.8. The Bertz CT molecular complexity index is 151. The van der Waals surface area contributed by atoms with Crippen LogP contribution in [0.25, 0.3) is 0 Å². The van der Waals surface area contributed by atoms with Crippen molar-refractivity contribution in [1.82, 2.24) is 5.32 Å². The lowest BCUT2D eigenvalue weighted by Crippen LogP contribution is -1.93. The summed E-state index contributed by atoms with van der Waals surface area (Å²) in [5.41, 5.74) is 2.53. The van der Waals surface area contributed by atoms with E-state index in [1.807, 2.05) is 0 Å². The quantitative estimate of drug-likeness (QED) is 0.446. The van der Waals surface area contributed by atoms with E-state index in [0.29, 0.717) is 0 Å². The van der Waals surface area contributed by atoms with Crippen molar-refractivity contribution in [3.8, 4) is 0 Å². The molecule has 36 valence electrons. The van der Waals surface area contributed by atoms with Crippen LogP contribution in [0.15, 0.2) is 30.0 Å². The van der Waals surface area contributed by atoms with Gasteiger partial charge in [0.25, 0.3) is 0 Å². The second-order valence-electron chi connectivity index (χ2n) is 1.15. The van der Waals surface area contributed by atoms with E-state index >= 15 is 0 Å². The van der Waals surface area contributed by atoms with Crippen LogP contribution in [-0.4, -0.2) is 0 Å². The molecule has 0 atom stereocenters. The third-order valence-corrected chi connectivity index (χ3v) is 0.609. The number of rotatable bonds is 0. The Labute approximate surface area is 40.8 Å². The number of hydrogen-bond acceptors (Lipinski definition) is 1. The van der Waals surface area contributed by atoms with E-state index in [1.54, 1.807) is 0 Å². The van der Waals surface area contributed by atoms with E-state index in [1.165, 1.54) is 18.5 Å². The van der Waals surface area contributed by atoms with Crippen molar-refractivity contribution in [2.45, 2.75) is 0 Å². The molecule has 1 nitrogen and oxygen atoms in total. The highest BCUT2D eigenvalue weighted by Gasteiger charge is 1.84. The summed E-state index contributed by atoms with van der Waals surface area (Å²) in [6.45, 7) is 0. The summed E-state index contributed by atoms with van der Waals surface area (Å²) in [5.74, 6) is -0.289. The Morgan fingerprint density at radius 3 is 2.86 bits per heavy atom. The lowest BCUT2D eigenvalue weighted by molar-refractivity contribution is 0.657. The van der Waals surface area contributed by atoms with Gasteiger partial charge in [-0.1, -0.05) is 5.73 Å². The first-order valence-corrected chi connectivity index (χ1v) is 1.92. The minimum atomic E-state index is -0.289. The highest BCUT2D eigenvalue weighted by Crippen LogP contribution is 1.96. The molecule has 0 fully saturated rings. The standard InChI is InChI=1S/C5H4FN/c6-5-2-1-3-7-4-5/h2-4,7H. The van der Waals surface area contributed by atoms with Crippen LogP contribution in [0.5, 0.6) is 0 Å². The van der Waals surface area contributed by atoms with E-state index in [0.717, 1.165) is 0 Å². The van der Waals surface area contributed by atoms with Crippen molar-refractivity contribution < 1.29 is 4.39 Å². The molecule has 0 aromatic carbocycles. The number of hydrogen-bond donors (Lipinski definition) is 1. The molecule has 0 amide bonds. The van der Waals surface area contributed by atoms with Gasteiger partial charge in [-0.15, -0.1) is 0 Å². The molecule has 1 heterocycles. The molecule has 0 aromatic heterocycles. The SMILES string of the molecule is FC1=CNC=C=C1. The summed E-state index contributed by atoms with van der Waals surface area (Å²) < 4.78 is 11.8. The van der Waals surface area contributed by atoms with Crippen molar-refractivity contribution in [3.05, 3.63) is 30.0 Å². The van der Waals surface area contributed by atoms with Crippen molar-refractivity contribution in [2.24, 2.45) is 0 Å². The van der Waals surface area contributed by atoms with Gasteiger partial charge in [-0.3, -0.25) is 0 Å². The van der Waals surface area contributed by atoms with Crippen LogP contribution < -0.4 is 5.32 Å². The third-order valence-electron chi connectivity index (χ3n) is 0.609. The molecule has 1 aliphatic heterocycles. The van der Waals surface area contributed by atoms with E-state index in [9.17, 15) is 4.39 Å². The second-order valence-corrected chi connectivity index (χ2v) is 1.15. The van der Waals surface area contributed by atoms with E-state index in [4.69, 9.17) is 0 Å². The fourth-order valence-corrected chi connectivity index (χ4v) is 0.332. The minimum Gasteiger partial charge on any atom is -0.359 e. The molecule has 0 unspecified atom stereocenters. The van der Waals surface area contributed by atoms with Crippen LogP contribution >= 0.6 is 0 Å². The van der Waals surface area contributed by atoms with Crippen LogP contribution in [0.2, 0.25) is 0 Å². The Hall–Kier alpha value is -1.01. The van der Waals surface area contributed by atoms with E-state index in [-0.39, 0.29) is 5.83 Å². The monoisotopic (exact) mass is 97.0 g/mol. The minimum absolute atomic E-state index is 0.289. The second kappa shape index (κ2) is 1.63. The molecule has 1 rings (SSSR count). The zero-order chi connectivity index (χ0) is 5.11. The zero-order valence-electron chi connectivity index (χ0n) is 3.61. The first kappa shape index (κ1) is 4.16. The van der Waals surface area contributed by atoms with Crippen LogP contribution in [0.3, 0.4) is 0 Å². The van der Waals surface area contributed by atoms with Gasteiger partial charge in [0.05, 0.1) is 0 Å². The maximum Gasteiger partial charge on any atom is 0.146 e. The molecule has 0 saturated carbocycles. The predicted octanol–water partition coefficient (Wildman–Crippen LogP) is 1.07. The molecule has 0 saturated heterocycles. The Kier molecular flexibility index (Phi) is 0.966. The summed E-state index contributed by atoms with van der Waals surface area (Å²) in [6, 6.07) is 0. The topological polar surface area (TPSA) is 12.0 Å². The molecule has 2 heteroatoms. The summed E-state index contributed by atoms with van der Waals surface area (Å²) in [6.07, 6.45) is 4.05. The first-order chi connectivity index (χ1) is 3.39. The van der Waals surface area contributed by atoms with Crippen molar-refractivity contribution in [1.29, 1.82) is 0 Å². The average molecular weight is 97.1 g/mol. The highest BCUT2D eigenvalue weighted by molar-refractivity contribution is 5.14. The molecule has 1 aliphatic rings. The Morgan fingerprint density at radius 2 is 2.57 bits per heavy atom. The fourth-order valence-electron chi connectivity index (χ4n) is 0.332. The van der Waals surface area contributed by atoms with Gasteiger partial charge in [0, 0.05) is 18.5 Å². The number of nitrogens with one attached hydrogen (secondary N) is 1. The molecule has 0 aliphatic carbocycles. The van der Waals surface area contributed by atoms with Crippen molar-refractivity contribution >= 4 is 0 Å². The van der Waals surface area contributed by atoms with Crippen molar-refractivity contribution in [3.63, 3.8) is 0 Å². The molecule has 1 N–H and O–H groups in total. The fraction of sp³-hybridized carbons (Fsp3) is 0. The zero-order valence-corrected chi connectivity index (χ0v) is 3.61. The first-order valence-electron chi connectivity index (χ1n) is 1.92. The van der Waals surface area contributed by atoms with Gasteiger partial charge in [-0.05, 0) is 0 Å². The molecule has 0 radical (unpaired) electrons. The largest absolute Gasteiger partial charge is 0.359 e. The van der Waals surface area contributed by atoms with Gasteiger partial charge < -0.3 is 5.32 Å². The Morgan fingerprint density at radius 1 is 1.71 bits per heavy atom. The maximum absolute atomic E-state index is 11.8. The summed E-state index contributed by atoms with van der Waals surface area (Å²) in [7, 11) is 0. The third kappa shape index (κ3) is 0.913. The van der Waals surface area contributed by atoms with Gasteiger partial charge in [0.15, 0.2) is 0 Å². The number of allylic oxidation sites excluding steroid dienone is 2. The van der Waals surface area contributed by atoms with Crippen LogP contribution in [0.1, 0.15) is 0 Å². The van der Waals surface area contributed by atoms with Gasteiger partial charge in [-0.25, -0.2) is 4.39 Å². The van der Waals surface area contributed by atoms with Gasteiger partial charge in [0.2, 0.25) is 0 Å². The number of halogens is 1. The summed E-state index contributed by atoms with van der Waals surface area (Å²) in [5, 5.41) is 2.53. The summed E-state index contributed by atoms with van der Waals surface area (Å²) in [4.78, 5) is 0. The Balaban J connectivity index is 2.82. The normalized spacial score (nSPS) is 15.9.